The van der Waals surface area contributed by atoms with Crippen LogP contribution in [0.25, 0.3) is 0 Å². The van der Waals surface area contributed by atoms with Crippen LogP contribution in [0.4, 0.5) is 19.7 Å². The molecule has 0 unspecified atom stereocenters. The van der Waals surface area contributed by atoms with E-state index in [2.05, 4.69) is 10.6 Å². The highest BCUT2D eigenvalue weighted by molar-refractivity contribution is 5.90. The number of ether oxygens (including phenoxy) is 1. The Bertz CT molecular complexity index is 651. The van der Waals surface area contributed by atoms with Gasteiger partial charge in [0.1, 0.15) is 11.9 Å². The maximum atomic E-state index is 13.1. The van der Waals surface area contributed by atoms with Crippen LogP contribution in [0.2, 0.25) is 0 Å². The Morgan fingerprint density at radius 1 is 1.42 bits per heavy atom. The van der Waals surface area contributed by atoms with Gasteiger partial charge in [-0.1, -0.05) is 0 Å². The van der Waals surface area contributed by atoms with Crippen molar-refractivity contribution in [3.8, 4) is 6.07 Å². The topological polar surface area (TPSA) is 94.5 Å². The van der Waals surface area contributed by atoms with Crippen LogP contribution in [0, 0.1) is 17.1 Å². The lowest BCUT2D eigenvalue weighted by Crippen LogP contribution is -2.47. The summed E-state index contributed by atoms with van der Waals surface area (Å²) in [6.45, 7) is 3.09. The molecular weight excluding hydrogens is 315 g/mol. The summed E-state index contributed by atoms with van der Waals surface area (Å²) >= 11 is 0. The SMILES string of the molecule is CCOC(=O)N1CCC(NC(=O)Nc2ccc(F)cc2C#N)CC1. The minimum absolute atomic E-state index is 0.0577. The number of nitrogens with zero attached hydrogens (tertiary/aromatic N) is 2. The number of halogens is 1. The fourth-order valence-electron chi connectivity index (χ4n) is 2.48. The van der Waals surface area contributed by atoms with Gasteiger partial charge in [0.25, 0.3) is 0 Å². The molecule has 0 aromatic heterocycles. The number of likely N-dealkylation sites (tertiary alicyclic amines) is 1. The molecule has 0 spiro atoms. The lowest BCUT2D eigenvalue weighted by Gasteiger charge is -2.31. The Morgan fingerprint density at radius 2 is 2.12 bits per heavy atom. The van der Waals surface area contributed by atoms with E-state index in [1.165, 1.54) is 12.1 Å². The van der Waals surface area contributed by atoms with Crippen LogP contribution in [0.15, 0.2) is 18.2 Å². The Balaban J connectivity index is 1.84. The molecule has 0 atom stereocenters. The highest BCUT2D eigenvalue weighted by Gasteiger charge is 2.24. The average Bonchev–Trinajstić information content (AvgIpc) is 2.57. The van der Waals surface area contributed by atoms with Crippen molar-refractivity contribution in [2.24, 2.45) is 0 Å². The molecule has 1 aliphatic rings. The van der Waals surface area contributed by atoms with E-state index in [1.54, 1.807) is 11.8 Å². The van der Waals surface area contributed by atoms with Crippen molar-refractivity contribution in [2.45, 2.75) is 25.8 Å². The predicted molar refractivity (Wildman–Crippen MR) is 84.9 cm³/mol. The largest absolute Gasteiger partial charge is 0.450 e. The molecule has 128 valence electrons. The number of benzene rings is 1. The van der Waals surface area contributed by atoms with Gasteiger partial charge in [0.2, 0.25) is 0 Å². The highest BCUT2D eigenvalue weighted by atomic mass is 19.1. The molecule has 1 aromatic rings. The van der Waals surface area contributed by atoms with Crippen LogP contribution in [0.1, 0.15) is 25.3 Å². The number of rotatable bonds is 3. The minimum atomic E-state index is -0.538. The zero-order chi connectivity index (χ0) is 17.5. The first-order chi connectivity index (χ1) is 11.5. The normalized spacial score (nSPS) is 14.6. The molecule has 1 saturated heterocycles. The molecule has 3 amide bonds. The van der Waals surface area contributed by atoms with Crippen molar-refractivity contribution in [1.82, 2.24) is 10.2 Å². The molecule has 0 saturated carbocycles. The number of hydrogen-bond acceptors (Lipinski definition) is 4. The zero-order valence-electron chi connectivity index (χ0n) is 13.3. The van der Waals surface area contributed by atoms with Gasteiger partial charge in [-0.15, -0.1) is 0 Å². The number of amides is 3. The van der Waals surface area contributed by atoms with E-state index >= 15 is 0 Å². The summed E-state index contributed by atoms with van der Waals surface area (Å²) in [6, 6.07) is 4.87. The van der Waals surface area contributed by atoms with Crippen molar-refractivity contribution < 1.29 is 18.7 Å². The van der Waals surface area contributed by atoms with Crippen molar-refractivity contribution in [1.29, 1.82) is 5.26 Å². The summed E-state index contributed by atoms with van der Waals surface area (Å²) in [6.07, 6.45) is 0.881. The smallest absolute Gasteiger partial charge is 0.409 e. The van der Waals surface area contributed by atoms with Gasteiger partial charge >= 0.3 is 12.1 Å². The first-order valence-corrected chi connectivity index (χ1v) is 7.72. The Labute approximate surface area is 139 Å². The molecule has 0 aliphatic carbocycles. The Kier molecular flexibility index (Phi) is 5.95. The second kappa shape index (κ2) is 8.15. The molecule has 1 aliphatic heterocycles. The van der Waals surface area contributed by atoms with Crippen LogP contribution in [0.5, 0.6) is 0 Å². The lowest BCUT2D eigenvalue weighted by molar-refractivity contribution is 0.0959. The first kappa shape index (κ1) is 17.5. The second-order valence-electron chi connectivity index (χ2n) is 5.36. The van der Waals surface area contributed by atoms with Gasteiger partial charge in [0.15, 0.2) is 0 Å². The monoisotopic (exact) mass is 334 g/mol. The highest BCUT2D eigenvalue weighted by Crippen LogP contribution is 2.16. The molecule has 8 heteroatoms. The van der Waals surface area contributed by atoms with Crippen LogP contribution in [-0.2, 0) is 4.74 Å². The summed E-state index contributed by atoms with van der Waals surface area (Å²) in [5.41, 5.74) is 0.308. The van der Waals surface area contributed by atoms with Gasteiger partial charge in [-0.2, -0.15) is 5.26 Å². The van der Waals surface area contributed by atoms with E-state index in [0.717, 1.165) is 6.07 Å². The number of urea groups is 1. The average molecular weight is 334 g/mol. The minimum Gasteiger partial charge on any atom is -0.450 e. The molecule has 0 radical (unpaired) electrons. The summed E-state index contributed by atoms with van der Waals surface area (Å²) in [5.74, 6) is -0.538. The van der Waals surface area contributed by atoms with Gasteiger partial charge in [-0.3, -0.25) is 0 Å². The van der Waals surface area contributed by atoms with Crippen LogP contribution < -0.4 is 10.6 Å². The van der Waals surface area contributed by atoms with Crippen LogP contribution >= 0.6 is 0 Å². The van der Waals surface area contributed by atoms with E-state index < -0.39 is 11.8 Å². The molecule has 1 fully saturated rings. The molecule has 1 aromatic carbocycles. The molecule has 2 N–H and O–H groups in total. The summed E-state index contributed by atoms with van der Waals surface area (Å²) in [7, 11) is 0. The standard InChI is InChI=1S/C16H19FN4O3/c1-2-24-16(23)21-7-5-13(6-8-21)19-15(22)20-14-4-3-12(17)9-11(14)10-18/h3-4,9,13H,2,5-8H2,1H3,(H2,19,20,22). The predicted octanol–water partition coefficient (Wildman–Crippen LogP) is 2.44. The third-order valence-corrected chi connectivity index (χ3v) is 3.71. The number of anilines is 1. The van der Waals surface area contributed by atoms with E-state index in [1.807, 2.05) is 6.07 Å². The third-order valence-electron chi connectivity index (χ3n) is 3.71. The quantitative estimate of drug-likeness (QED) is 0.887. The van der Waals surface area contributed by atoms with Gasteiger partial charge in [-0.05, 0) is 38.0 Å². The fourth-order valence-corrected chi connectivity index (χ4v) is 2.48. The maximum Gasteiger partial charge on any atom is 0.409 e. The molecule has 0 bridgehead atoms. The number of hydrogen-bond donors (Lipinski definition) is 2. The first-order valence-electron chi connectivity index (χ1n) is 7.72. The number of carbonyl (C=O) groups is 2. The third kappa shape index (κ3) is 4.59. The molecule has 24 heavy (non-hydrogen) atoms. The van der Waals surface area contributed by atoms with E-state index in [0.29, 0.717) is 32.5 Å². The molecule has 1 heterocycles. The van der Waals surface area contributed by atoms with E-state index in [-0.39, 0.29) is 23.4 Å². The maximum absolute atomic E-state index is 13.1. The molecular formula is C16H19FN4O3. The van der Waals surface area contributed by atoms with Gasteiger partial charge in [0, 0.05) is 19.1 Å². The number of nitrogens with one attached hydrogen (secondary N) is 2. The summed E-state index contributed by atoms with van der Waals surface area (Å²) in [5, 5.41) is 14.3. The fraction of sp³-hybridized carbons (Fsp3) is 0.438. The number of carbonyl (C=O) groups excluding carboxylic acids is 2. The summed E-state index contributed by atoms with van der Waals surface area (Å²) < 4.78 is 18.0. The van der Waals surface area contributed by atoms with Crippen molar-refractivity contribution in [2.75, 3.05) is 25.0 Å². The molecule has 2 rings (SSSR count). The van der Waals surface area contributed by atoms with E-state index in [4.69, 9.17) is 10.00 Å². The number of piperidine rings is 1. The van der Waals surface area contributed by atoms with Crippen LogP contribution in [-0.4, -0.2) is 42.8 Å². The zero-order valence-corrected chi connectivity index (χ0v) is 13.3. The van der Waals surface area contributed by atoms with Crippen molar-refractivity contribution in [3.63, 3.8) is 0 Å². The molecule has 7 nitrogen and oxygen atoms in total. The summed E-state index contributed by atoms with van der Waals surface area (Å²) in [4.78, 5) is 25.2. The lowest BCUT2D eigenvalue weighted by atomic mass is 10.1. The second-order valence-corrected chi connectivity index (χ2v) is 5.36. The van der Waals surface area contributed by atoms with Gasteiger partial charge in [0.05, 0.1) is 17.9 Å². The van der Waals surface area contributed by atoms with Crippen molar-refractivity contribution >= 4 is 17.8 Å². The van der Waals surface area contributed by atoms with E-state index in [9.17, 15) is 14.0 Å². The van der Waals surface area contributed by atoms with Crippen molar-refractivity contribution in [3.05, 3.63) is 29.6 Å². The Morgan fingerprint density at radius 3 is 2.75 bits per heavy atom. The van der Waals surface area contributed by atoms with Gasteiger partial charge in [-0.25, -0.2) is 14.0 Å². The number of nitriles is 1. The van der Waals surface area contributed by atoms with Crippen LogP contribution in [0.3, 0.4) is 0 Å². The van der Waals surface area contributed by atoms with Gasteiger partial charge < -0.3 is 20.3 Å². The Hall–Kier alpha value is -2.82.